The van der Waals surface area contributed by atoms with Crippen LogP contribution in [0.25, 0.3) is 66.6 Å². The molecule has 0 saturated heterocycles. The van der Waals surface area contributed by atoms with Gasteiger partial charge in [0.1, 0.15) is 0 Å². The summed E-state index contributed by atoms with van der Waals surface area (Å²) >= 11 is 0. The Kier molecular flexibility index (Phi) is 4.95. The summed E-state index contributed by atoms with van der Waals surface area (Å²) < 4.78 is 4.97. The minimum atomic E-state index is -0.171. The van der Waals surface area contributed by atoms with Crippen molar-refractivity contribution in [2.75, 3.05) is 0 Å². The first-order valence-electron chi connectivity index (χ1n) is 14.9. The Hall–Kier alpha value is -5.41. The van der Waals surface area contributed by atoms with Gasteiger partial charge in [-0.1, -0.05) is 98.8 Å². The molecule has 9 rings (SSSR count). The van der Waals surface area contributed by atoms with Gasteiger partial charge in [0, 0.05) is 50.3 Å². The second-order valence-corrected chi connectivity index (χ2v) is 12.0. The Morgan fingerprint density at radius 1 is 0.581 bits per heavy atom. The molecular formula is C40H29N3. The molecule has 3 nitrogen and oxygen atoms in total. The summed E-state index contributed by atoms with van der Waals surface area (Å²) in [7, 11) is 0. The largest absolute Gasteiger partial charge is 0.309 e. The highest BCUT2D eigenvalue weighted by Crippen LogP contribution is 2.55. The lowest BCUT2D eigenvalue weighted by Crippen LogP contribution is -2.15. The van der Waals surface area contributed by atoms with E-state index in [2.05, 4.69) is 149 Å². The molecule has 3 heteroatoms. The van der Waals surface area contributed by atoms with E-state index >= 15 is 0 Å². The average molecular weight is 552 g/mol. The molecule has 0 unspecified atom stereocenters. The fourth-order valence-corrected chi connectivity index (χ4v) is 7.51. The lowest BCUT2D eigenvalue weighted by molar-refractivity contribution is 0.666. The summed E-state index contributed by atoms with van der Waals surface area (Å²) in [5, 5.41) is 3.85. The van der Waals surface area contributed by atoms with Gasteiger partial charge in [-0.05, 0) is 59.7 Å². The second-order valence-electron chi connectivity index (χ2n) is 12.0. The molecule has 0 aliphatic heterocycles. The lowest BCUT2D eigenvalue weighted by atomic mass is 9.81. The lowest BCUT2D eigenvalue weighted by Gasteiger charge is -2.22. The molecule has 0 spiro atoms. The molecule has 0 fully saturated rings. The fraction of sp³-hybridized carbons (Fsp3) is 0.0750. The zero-order valence-corrected chi connectivity index (χ0v) is 24.1. The van der Waals surface area contributed by atoms with Crippen LogP contribution >= 0.6 is 0 Å². The van der Waals surface area contributed by atoms with Crippen molar-refractivity contribution in [3.8, 4) is 33.9 Å². The first-order chi connectivity index (χ1) is 21.1. The number of rotatable bonds is 3. The quantitative estimate of drug-likeness (QED) is 0.214. The molecule has 43 heavy (non-hydrogen) atoms. The van der Waals surface area contributed by atoms with E-state index in [1.54, 1.807) is 0 Å². The summed E-state index contributed by atoms with van der Waals surface area (Å²) in [6.45, 7) is 4.78. The van der Waals surface area contributed by atoms with Gasteiger partial charge in [-0.3, -0.25) is 4.98 Å². The van der Waals surface area contributed by atoms with E-state index < -0.39 is 0 Å². The molecule has 1 aliphatic carbocycles. The molecule has 5 aromatic carbocycles. The molecular weight excluding hydrogens is 522 g/mol. The molecule has 204 valence electrons. The highest BCUT2D eigenvalue weighted by molar-refractivity contribution is 6.21. The summed E-state index contributed by atoms with van der Waals surface area (Å²) in [4.78, 5) is 4.66. The molecule has 0 radical (unpaired) electrons. The van der Waals surface area contributed by atoms with E-state index in [0.29, 0.717) is 0 Å². The van der Waals surface area contributed by atoms with Crippen molar-refractivity contribution in [3.05, 3.63) is 151 Å². The predicted molar refractivity (Wildman–Crippen MR) is 178 cm³/mol. The van der Waals surface area contributed by atoms with E-state index in [0.717, 1.165) is 16.9 Å². The van der Waals surface area contributed by atoms with Crippen LogP contribution in [0.3, 0.4) is 0 Å². The highest BCUT2D eigenvalue weighted by Gasteiger charge is 2.41. The summed E-state index contributed by atoms with van der Waals surface area (Å²) in [6, 6.07) is 48.2. The van der Waals surface area contributed by atoms with Crippen LogP contribution in [0.5, 0.6) is 0 Å². The van der Waals surface area contributed by atoms with Gasteiger partial charge in [0.15, 0.2) is 0 Å². The maximum atomic E-state index is 4.66. The smallest absolute Gasteiger partial charge is 0.0702 e. The Morgan fingerprint density at radius 2 is 1.35 bits per heavy atom. The summed E-state index contributed by atoms with van der Waals surface area (Å²) in [6.07, 6.45) is 1.86. The molecule has 0 atom stereocenters. The van der Waals surface area contributed by atoms with Gasteiger partial charge < -0.3 is 9.13 Å². The summed E-state index contributed by atoms with van der Waals surface area (Å²) in [5.41, 5.74) is 13.3. The molecule has 0 bridgehead atoms. The maximum Gasteiger partial charge on any atom is 0.0702 e. The van der Waals surface area contributed by atoms with Crippen LogP contribution in [-0.4, -0.2) is 14.1 Å². The van der Waals surface area contributed by atoms with Crippen LogP contribution < -0.4 is 0 Å². The van der Waals surface area contributed by atoms with Crippen molar-refractivity contribution >= 4 is 32.7 Å². The Bertz CT molecular complexity index is 2360. The van der Waals surface area contributed by atoms with E-state index in [1.807, 2.05) is 18.3 Å². The zero-order valence-electron chi connectivity index (χ0n) is 24.1. The number of hydrogen-bond acceptors (Lipinski definition) is 1. The van der Waals surface area contributed by atoms with E-state index in [1.165, 1.54) is 60.8 Å². The second kappa shape index (κ2) is 8.80. The highest BCUT2D eigenvalue weighted by atomic mass is 15.0. The van der Waals surface area contributed by atoms with Gasteiger partial charge in [0.05, 0.1) is 27.9 Å². The van der Waals surface area contributed by atoms with Crippen molar-refractivity contribution in [2.24, 2.45) is 0 Å². The summed E-state index contributed by atoms with van der Waals surface area (Å²) in [5.74, 6) is 0. The minimum absolute atomic E-state index is 0.171. The molecule has 8 aromatic rings. The topological polar surface area (TPSA) is 22.8 Å². The number of aromatic nitrogens is 3. The van der Waals surface area contributed by atoms with Crippen molar-refractivity contribution in [1.82, 2.24) is 14.1 Å². The number of benzene rings is 5. The van der Waals surface area contributed by atoms with Crippen LogP contribution in [0.4, 0.5) is 0 Å². The molecule has 1 aliphatic rings. The number of hydrogen-bond donors (Lipinski definition) is 0. The van der Waals surface area contributed by atoms with Gasteiger partial charge in [0.2, 0.25) is 0 Å². The first-order valence-corrected chi connectivity index (χ1v) is 14.9. The first kappa shape index (κ1) is 24.2. The molecule has 0 amide bonds. The Balaban J connectivity index is 1.48. The zero-order chi connectivity index (χ0) is 28.7. The monoisotopic (exact) mass is 551 g/mol. The molecule has 0 saturated carbocycles. The third kappa shape index (κ3) is 3.28. The molecule has 3 aromatic heterocycles. The fourth-order valence-electron chi connectivity index (χ4n) is 7.51. The standard InChI is InChI=1S/C40H29N3/c1-40(2)32-19-8-6-18-31(32)39-37(40)36-35(42(39)27-14-4-3-5-15-27)23-22-30-29-17-7-9-21-34(29)43(38(30)36)28-16-12-13-26(25-28)33-20-10-11-24-41-33/h3-25H,1-2H3. The number of pyridine rings is 1. The third-order valence-corrected chi connectivity index (χ3v) is 9.33. The van der Waals surface area contributed by atoms with Crippen LogP contribution in [-0.2, 0) is 5.41 Å². The van der Waals surface area contributed by atoms with Gasteiger partial charge in [-0.2, -0.15) is 0 Å². The van der Waals surface area contributed by atoms with Crippen LogP contribution in [0.1, 0.15) is 25.0 Å². The van der Waals surface area contributed by atoms with Gasteiger partial charge in [0.25, 0.3) is 0 Å². The Morgan fingerprint density at radius 3 is 2.21 bits per heavy atom. The molecule has 3 heterocycles. The third-order valence-electron chi connectivity index (χ3n) is 9.33. The van der Waals surface area contributed by atoms with Crippen molar-refractivity contribution in [3.63, 3.8) is 0 Å². The molecule has 0 N–H and O–H groups in total. The van der Waals surface area contributed by atoms with Crippen molar-refractivity contribution in [1.29, 1.82) is 0 Å². The van der Waals surface area contributed by atoms with E-state index in [9.17, 15) is 0 Å². The van der Waals surface area contributed by atoms with Crippen molar-refractivity contribution < 1.29 is 0 Å². The van der Waals surface area contributed by atoms with Crippen molar-refractivity contribution in [2.45, 2.75) is 19.3 Å². The normalized spacial score (nSPS) is 13.5. The maximum absolute atomic E-state index is 4.66. The van der Waals surface area contributed by atoms with E-state index in [4.69, 9.17) is 0 Å². The van der Waals surface area contributed by atoms with Gasteiger partial charge in [-0.15, -0.1) is 0 Å². The number of para-hydroxylation sites is 2. The predicted octanol–water partition coefficient (Wildman–Crippen LogP) is 10.1. The van der Waals surface area contributed by atoms with Crippen LogP contribution in [0, 0.1) is 0 Å². The SMILES string of the molecule is CC1(C)c2ccccc2-c2c1c1c(ccc3c4ccccc4n(-c4cccc(-c5ccccn5)c4)c31)n2-c1ccccc1. The van der Waals surface area contributed by atoms with Gasteiger partial charge >= 0.3 is 0 Å². The van der Waals surface area contributed by atoms with Gasteiger partial charge in [-0.25, -0.2) is 0 Å². The number of fused-ring (bicyclic) bond motifs is 9. The van der Waals surface area contributed by atoms with E-state index in [-0.39, 0.29) is 5.41 Å². The minimum Gasteiger partial charge on any atom is -0.309 e. The van der Waals surface area contributed by atoms with Crippen LogP contribution in [0.2, 0.25) is 0 Å². The number of nitrogens with zero attached hydrogens (tertiary/aromatic N) is 3. The van der Waals surface area contributed by atoms with Crippen LogP contribution in [0.15, 0.2) is 140 Å². The average Bonchev–Trinajstić information content (AvgIpc) is 3.67. The Labute approximate surface area is 250 Å².